The Kier molecular flexibility index (Phi) is 5.82. The molecule has 1 saturated heterocycles. The van der Waals surface area contributed by atoms with Crippen LogP contribution in [0, 0.1) is 0 Å². The van der Waals surface area contributed by atoms with Crippen molar-refractivity contribution in [3.05, 3.63) is 71.8 Å². The lowest BCUT2D eigenvalue weighted by Crippen LogP contribution is -2.41. The van der Waals surface area contributed by atoms with Crippen molar-refractivity contribution in [2.75, 3.05) is 29.9 Å². The molecule has 2 heterocycles. The van der Waals surface area contributed by atoms with Crippen LogP contribution in [0.3, 0.4) is 0 Å². The predicted molar refractivity (Wildman–Crippen MR) is 130 cm³/mol. The van der Waals surface area contributed by atoms with Gasteiger partial charge in [0.05, 0.1) is 11.4 Å². The van der Waals surface area contributed by atoms with Crippen molar-refractivity contribution < 1.29 is 14.4 Å². The van der Waals surface area contributed by atoms with Gasteiger partial charge >= 0.3 is 0 Å². The van der Waals surface area contributed by atoms with Gasteiger partial charge in [0.15, 0.2) is 0 Å². The summed E-state index contributed by atoms with van der Waals surface area (Å²) < 4.78 is 0. The number of hydrogen-bond donors (Lipinski definition) is 1. The molecule has 168 valence electrons. The molecule has 0 aromatic heterocycles. The molecular weight excluding hydrogens is 414 g/mol. The average Bonchev–Trinajstić information content (AvgIpc) is 2.85. The maximum Gasteiger partial charge on any atom is 0.261 e. The van der Waals surface area contributed by atoms with E-state index < -0.39 is 0 Å². The van der Waals surface area contributed by atoms with E-state index in [0.29, 0.717) is 17.5 Å². The number of carbonyl (C=O) groups is 3. The molecule has 3 aromatic carbocycles. The molecule has 0 aliphatic carbocycles. The molecule has 33 heavy (non-hydrogen) atoms. The van der Waals surface area contributed by atoms with Crippen molar-refractivity contribution in [1.82, 2.24) is 4.90 Å². The molecule has 0 unspecified atom stereocenters. The molecule has 6 heteroatoms. The van der Waals surface area contributed by atoms with Crippen LogP contribution >= 0.6 is 0 Å². The Hall–Kier alpha value is -3.67. The highest BCUT2D eigenvalue weighted by molar-refractivity contribution is 6.25. The molecule has 2 aliphatic rings. The van der Waals surface area contributed by atoms with Crippen LogP contribution in [0.1, 0.15) is 52.8 Å². The lowest BCUT2D eigenvalue weighted by Gasteiger charge is -2.30. The molecule has 2 aliphatic heterocycles. The van der Waals surface area contributed by atoms with Crippen LogP contribution in [0.4, 0.5) is 11.4 Å². The highest BCUT2D eigenvalue weighted by atomic mass is 16.2. The molecule has 0 bridgehead atoms. The zero-order valence-electron chi connectivity index (χ0n) is 18.5. The number of para-hydroxylation sites is 2. The highest BCUT2D eigenvalue weighted by Crippen LogP contribution is 2.31. The number of imide groups is 1. The maximum absolute atomic E-state index is 13.0. The second kappa shape index (κ2) is 9.06. The number of nitrogens with zero attached hydrogens (tertiary/aromatic N) is 2. The van der Waals surface area contributed by atoms with Gasteiger partial charge in [-0.25, -0.2) is 0 Å². The standard InChI is InChI=1S/C27H27N3O3/c31-24(28-22-13-2-3-14-23(22)29-16-4-1-5-17-29)15-8-18-30-26(32)20-11-6-9-19-10-7-12-21(25(19)20)27(30)33/h2-3,6-7,9-14H,1,4-5,8,15-18H2,(H,28,31). The molecule has 0 atom stereocenters. The SMILES string of the molecule is O=C(CCCN1C(=O)c2cccc3cccc(c23)C1=O)Nc1ccccc1N1CCCCC1. The molecule has 1 fully saturated rings. The first-order valence-corrected chi connectivity index (χ1v) is 11.7. The number of benzene rings is 3. The third-order valence-electron chi connectivity index (χ3n) is 6.52. The van der Waals surface area contributed by atoms with Gasteiger partial charge in [0.25, 0.3) is 11.8 Å². The molecule has 0 saturated carbocycles. The third-order valence-corrected chi connectivity index (χ3v) is 6.52. The van der Waals surface area contributed by atoms with Gasteiger partial charge in [0.2, 0.25) is 5.91 Å². The molecule has 0 radical (unpaired) electrons. The number of amides is 3. The van der Waals surface area contributed by atoms with Crippen molar-refractivity contribution in [2.24, 2.45) is 0 Å². The molecule has 3 amide bonds. The van der Waals surface area contributed by atoms with Crippen molar-refractivity contribution in [2.45, 2.75) is 32.1 Å². The largest absolute Gasteiger partial charge is 0.370 e. The van der Waals surface area contributed by atoms with Crippen LogP contribution in [-0.4, -0.2) is 42.3 Å². The van der Waals surface area contributed by atoms with Crippen molar-refractivity contribution in [1.29, 1.82) is 0 Å². The Bertz CT molecular complexity index is 1180. The summed E-state index contributed by atoms with van der Waals surface area (Å²) in [5.41, 5.74) is 2.96. The van der Waals surface area contributed by atoms with Crippen LogP contribution in [0.5, 0.6) is 0 Å². The van der Waals surface area contributed by atoms with Crippen molar-refractivity contribution >= 4 is 39.9 Å². The number of carbonyl (C=O) groups excluding carboxylic acids is 3. The number of piperidine rings is 1. The van der Waals surface area contributed by atoms with E-state index in [0.717, 1.165) is 48.1 Å². The Balaban J connectivity index is 1.23. The van der Waals surface area contributed by atoms with E-state index in [2.05, 4.69) is 10.2 Å². The number of rotatable bonds is 6. The van der Waals surface area contributed by atoms with Crippen LogP contribution < -0.4 is 10.2 Å². The number of anilines is 2. The van der Waals surface area contributed by atoms with Gasteiger partial charge in [-0.1, -0.05) is 36.4 Å². The Morgan fingerprint density at radius 3 is 2.18 bits per heavy atom. The fourth-order valence-corrected chi connectivity index (χ4v) is 4.88. The first-order valence-electron chi connectivity index (χ1n) is 11.7. The molecule has 5 rings (SSSR count). The minimum Gasteiger partial charge on any atom is -0.370 e. The number of nitrogens with one attached hydrogen (secondary N) is 1. The van der Waals surface area contributed by atoms with E-state index in [9.17, 15) is 14.4 Å². The smallest absolute Gasteiger partial charge is 0.261 e. The van der Waals surface area contributed by atoms with E-state index in [1.807, 2.05) is 48.5 Å². The van der Waals surface area contributed by atoms with Crippen LogP contribution in [0.2, 0.25) is 0 Å². The molecule has 6 nitrogen and oxygen atoms in total. The van der Waals surface area contributed by atoms with Crippen LogP contribution in [0.25, 0.3) is 10.8 Å². The Labute approximate surface area is 193 Å². The molecular formula is C27H27N3O3. The lowest BCUT2D eigenvalue weighted by molar-refractivity contribution is -0.116. The van der Waals surface area contributed by atoms with E-state index in [1.54, 1.807) is 12.1 Å². The highest BCUT2D eigenvalue weighted by Gasteiger charge is 2.32. The van der Waals surface area contributed by atoms with Crippen molar-refractivity contribution in [3.8, 4) is 0 Å². The summed E-state index contributed by atoms with van der Waals surface area (Å²) in [6.07, 6.45) is 4.22. The minimum atomic E-state index is -0.292. The fraction of sp³-hybridized carbons (Fsp3) is 0.296. The maximum atomic E-state index is 13.0. The zero-order valence-corrected chi connectivity index (χ0v) is 18.5. The molecule has 0 spiro atoms. The summed E-state index contributed by atoms with van der Waals surface area (Å²) in [4.78, 5) is 42.3. The summed E-state index contributed by atoms with van der Waals surface area (Å²) in [5, 5.41) is 4.64. The van der Waals surface area contributed by atoms with Gasteiger partial charge in [0.1, 0.15) is 0 Å². The second-order valence-electron chi connectivity index (χ2n) is 8.69. The quantitative estimate of drug-likeness (QED) is 0.556. The van der Waals surface area contributed by atoms with Crippen LogP contribution in [-0.2, 0) is 4.79 Å². The first kappa shape index (κ1) is 21.2. The van der Waals surface area contributed by atoms with Crippen molar-refractivity contribution in [3.63, 3.8) is 0 Å². The topological polar surface area (TPSA) is 69.7 Å². The number of hydrogen-bond acceptors (Lipinski definition) is 4. The van der Waals surface area contributed by atoms with Gasteiger partial charge in [-0.2, -0.15) is 0 Å². The average molecular weight is 442 g/mol. The van der Waals surface area contributed by atoms with Gasteiger partial charge < -0.3 is 10.2 Å². The Morgan fingerprint density at radius 1 is 0.818 bits per heavy atom. The van der Waals surface area contributed by atoms with E-state index in [4.69, 9.17) is 0 Å². The normalized spacial score (nSPS) is 15.8. The van der Waals surface area contributed by atoms with Gasteiger partial charge in [0, 0.05) is 42.6 Å². The predicted octanol–water partition coefficient (Wildman–Crippen LogP) is 4.85. The van der Waals surface area contributed by atoms with E-state index in [-0.39, 0.29) is 30.7 Å². The fourth-order valence-electron chi connectivity index (χ4n) is 4.88. The van der Waals surface area contributed by atoms with Gasteiger partial charge in [-0.15, -0.1) is 0 Å². The van der Waals surface area contributed by atoms with Crippen LogP contribution in [0.15, 0.2) is 60.7 Å². The van der Waals surface area contributed by atoms with Gasteiger partial charge in [-0.05, 0) is 55.3 Å². The summed E-state index contributed by atoms with van der Waals surface area (Å²) in [7, 11) is 0. The summed E-state index contributed by atoms with van der Waals surface area (Å²) in [5.74, 6) is -0.695. The summed E-state index contributed by atoms with van der Waals surface area (Å²) >= 11 is 0. The zero-order chi connectivity index (χ0) is 22.8. The monoisotopic (exact) mass is 441 g/mol. The summed E-state index contributed by atoms with van der Waals surface area (Å²) in [6.45, 7) is 2.21. The lowest BCUT2D eigenvalue weighted by atomic mass is 9.94. The van der Waals surface area contributed by atoms with Gasteiger partial charge in [-0.3, -0.25) is 19.3 Å². The second-order valence-corrected chi connectivity index (χ2v) is 8.69. The summed E-state index contributed by atoms with van der Waals surface area (Å²) in [6, 6.07) is 18.9. The third kappa shape index (κ3) is 4.09. The van der Waals surface area contributed by atoms with E-state index in [1.165, 1.54) is 11.3 Å². The molecule has 3 aromatic rings. The molecule has 1 N–H and O–H groups in total. The minimum absolute atomic E-state index is 0.112. The Morgan fingerprint density at radius 2 is 1.48 bits per heavy atom. The van der Waals surface area contributed by atoms with E-state index >= 15 is 0 Å². The first-order chi connectivity index (χ1) is 16.1.